The largest absolute Gasteiger partial charge is 0.444 e. The summed E-state index contributed by atoms with van der Waals surface area (Å²) in [5.74, 6) is -0.469. The fourth-order valence-electron chi connectivity index (χ4n) is 3.27. The Morgan fingerprint density at radius 1 is 1.13 bits per heavy atom. The van der Waals surface area contributed by atoms with Gasteiger partial charge in [-0.05, 0) is 62.1 Å². The molecule has 0 radical (unpaired) electrons. The molecule has 0 aliphatic carbocycles. The van der Waals surface area contributed by atoms with Gasteiger partial charge in [-0.2, -0.15) is 13.2 Å². The molecule has 0 bridgehead atoms. The van der Waals surface area contributed by atoms with E-state index in [0.29, 0.717) is 25.1 Å². The number of alkyl halides is 3. The lowest BCUT2D eigenvalue weighted by atomic mass is 9.97. The van der Waals surface area contributed by atoms with Gasteiger partial charge in [0, 0.05) is 24.8 Å². The summed E-state index contributed by atoms with van der Waals surface area (Å²) in [5.41, 5.74) is 1.74. The summed E-state index contributed by atoms with van der Waals surface area (Å²) in [7, 11) is 0. The number of ether oxygens (including phenoxy) is 1. The number of nitrogens with one attached hydrogen (secondary N) is 1. The second-order valence-corrected chi connectivity index (χ2v) is 8.46. The maximum Gasteiger partial charge on any atom is 0.410 e. The van der Waals surface area contributed by atoms with Crippen LogP contribution in [0.15, 0.2) is 36.7 Å². The van der Waals surface area contributed by atoms with Crippen molar-refractivity contribution < 1.29 is 27.5 Å². The third kappa shape index (κ3) is 6.44. The van der Waals surface area contributed by atoms with E-state index in [1.165, 1.54) is 12.3 Å². The topological polar surface area (TPSA) is 71.5 Å². The van der Waals surface area contributed by atoms with Crippen LogP contribution < -0.4 is 5.32 Å². The highest BCUT2D eigenvalue weighted by molar-refractivity contribution is 6.04. The molecule has 9 heteroatoms. The number of halogens is 3. The number of carbonyl (C=O) groups is 2. The molecule has 2 aromatic rings. The molecule has 31 heavy (non-hydrogen) atoms. The number of rotatable bonds is 3. The van der Waals surface area contributed by atoms with E-state index in [4.69, 9.17) is 4.74 Å². The third-order valence-electron chi connectivity index (χ3n) is 4.59. The molecule has 0 fully saturated rings. The lowest BCUT2D eigenvalue weighted by molar-refractivity contribution is -0.127. The Morgan fingerprint density at radius 3 is 2.55 bits per heavy atom. The van der Waals surface area contributed by atoms with Gasteiger partial charge < -0.3 is 15.0 Å². The van der Waals surface area contributed by atoms with Crippen molar-refractivity contribution in [1.29, 1.82) is 0 Å². The Morgan fingerprint density at radius 2 is 1.87 bits per heavy atom. The first kappa shape index (κ1) is 22.6. The highest BCUT2D eigenvalue weighted by Crippen LogP contribution is 2.24. The molecule has 1 N–H and O–H groups in total. The molecular formula is C22H24F3N3O3. The number of anilines is 1. The van der Waals surface area contributed by atoms with E-state index in [1.54, 1.807) is 37.8 Å². The number of amides is 2. The molecule has 0 saturated heterocycles. The van der Waals surface area contributed by atoms with Gasteiger partial charge in [-0.15, -0.1) is 0 Å². The zero-order valence-corrected chi connectivity index (χ0v) is 17.5. The van der Waals surface area contributed by atoms with Crippen LogP contribution in [0.2, 0.25) is 0 Å². The molecule has 2 heterocycles. The molecule has 1 aromatic carbocycles. The molecule has 1 aliphatic rings. The smallest absolute Gasteiger partial charge is 0.410 e. The number of benzene rings is 1. The van der Waals surface area contributed by atoms with E-state index in [-0.39, 0.29) is 11.3 Å². The summed E-state index contributed by atoms with van der Waals surface area (Å²) >= 11 is 0. The minimum absolute atomic E-state index is 0.0382. The molecule has 0 unspecified atom stereocenters. The number of fused-ring (bicyclic) bond motifs is 1. The molecule has 1 aromatic heterocycles. The number of hydrogen-bond acceptors (Lipinski definition) is 4. The highest BCUT2D eigenvalue weighted by atomic mass is 19.4. The van der Waals surface area contributed by atoms with Gasteiger partial charge in [0.15, 0.2) is 0 Å². The zero-order chi connectivity index (χ0) is 22.8. The Balaban J connectivity index is 1.71. The maximum atomic E-state index is 12.6. The van der Waals surface area contributed by atoms with Gasteiger partial charge in [0.05, 0.1) is 18.3 Å². The number of hydrogen-bond donors (Lipinski definition) is 1. The van der Waals surface area contributed by atoms with Gasteiger partial charge >= 0.3 is 12.3 Å². The molecule has 0 spiro atoms. The van der Waals surface area contributed by atoms with Gasteiger partial charge in [-0.25, -0.2) is 4.79 Å². The predicted molar refractivity (Wildman–Crippen MR) is 109 cm³/mol. The fourth-order valence-corrected chi connectivity index (χ4v) is 3.27. The van der Waals surface area contributed by atoms with Crippen LogP contribution in [0.5, 0.6) is 0 Å². The van der Waals surface area contributed by atoms with Crippen molar-refractivity contribution in [2.24, 2.45) is 0 Å². The van der Waals surface area contributed by atoms with Gasteiger partial charge in [-0.1, -0.05) is 6.07 Å². The fraction of sp³-hybridized carbons (Fsp3) is 0.409. The van der Waals surface area contributed by atoms with E-state index < -0.39 is 30.2 Å². The maximum absolute atomic E-state index is 12.6. The minimum Gasteiger partial charge on any atom is -0.444 e. The van der Waals surface area contributed by atoms with Crippen LogP contribution >= 0.6 is 0 Å². The van der Waals surface area contributed by atoms with Crippen molar-refractivity contribution in [2.75, 3.05) is 11.9 Å². The quantitative estimate of drug-likeness (QED) is 0.757. The number of aromatic nitrogens is 1. The molecule has 0 atom stereocenters. The average molecular weight is 435 g/mol. The standard InChI is InChI=1S/C22H24F3N3O3/c1-21(2,3)31-20(30)28-7-6-15-4-5-16(9-17(15)13-28)19(29)27-18-8-14(11-26-12-18)10-22(23,24)25/h4-5,8-9,11-12H,6-7,10,13H2,1-3H3,(H,27,29). The SMILES string of the molecule is CC(C)(C)OC(=O)N1CCc2ccc(C(=O)Nc3cncc(CC(F)(F)F)c3)cc2C1. The van der Waals surface area contributed by atoms with Crippen molar-refractivity contribution in [3.05, 3.63) is 58.9 Å². The molecule has 6 nitrogen and oxygen atoms in total. The Kier molecular flexibility index (Phi) is 6.24. The van der Waals surface area contributed by atoms with Crippen molar-refractivity contribution in [3.8, 4) is 0 Å². The summed E-state index contributed by atoms with van der Waals surface area (Å²) in [5, 5.41) is 2.58. The number of nitrogens with zero attached hydrogens (tertiary/aromatic N) is 2. The molecular weight excluding hydrogens is 411 g/mol. The lowest BCUT2D eigenvalue weighted by Crippen LogP contribution is -2.40. The molecule has 1 aliphatic heterocycles. The van der Waals surface area contributed by atoms with Gasteiger partial charge in [0.1, 0.15) is 5.60 Å². The molecule has 3 rings (SSSR count). The van der Waals surface area contributed by atoms with E-state index in [0.717, 1.165) is 17.3 Å². The third-order valence-corrected chi connectivity index (χ3v) is 4.59. The predicted octanol–water partition coefficient (Wildman–Crippen LogP) is 4.73. The monoisotopic (exact) mass is 435 g/mol. The van der Waals surface area contributed by atoms with Crippen LogP contribution in [0, 0.1) is 0 Å². The van der Waals surface area contributed by atoms with E-state index >= 15 is 0 Å². The Bertz CT molecular complexity index is 984. The zero-order valence-electron chi connectivity index (χ0n) is 17.5. The first-order valence-electron chi connectivity index (χ1n) is 9.81. The minimum atomic E-state index is -4.36. The summed E-state index contributed by atoms with van der Waals surface area (Å²) in [6.07, 6.45) is -2.85. The first-order chi connectivity index (χ1) is 14.4. The van der Waals surface area contributed by atoms with E-state index in [9.17, 15) is 22.8 Å². The molecule has 166 valence electrons. The summed E-state index contributed by atoms with van der Waals surface area (Å²) in [4.78, 5) is 30.3. The van der Waals surface area contributed by atoms with Gasteiger partial charge in [0.2, 0.25) is 0 Å². The molecule has 2 amide bonds. The van der Waals surface area contributed by atoms with Crippen LogP contribution in [-0.2, 0) is 24.1 Å². The lowest BCUT2D eigenvalue weighted by Gasteiger charge is -2.31. The number of pyridine rings is 1. The van der Waals surface area contributed by atoms with Crippen LogP contribution in [-0.4, -0.2) is 40.2 Å². The van der Waals surface area contributed by atoms with Crippen molar-refractivity contribution >= 4 is 17.7 Å². The van der Waals surface area contributed by atoms with Crippen molar-refractivity contribution in [3.63, 3.8) is 0 Å². The van der Waals surface area contributed by atoms with Crippen LogP contribution in [0.3, 0.4) is 0 Å². The van der Waals surface area contributed by atoms with Crippen molar-refractivity contribution in [1.82, 2.24) is 9.88 Å². The normalized spacial score (nSPS) is 14.1. The van der Waals surface area contributed by atoms with Gasteiger partial charge in [-0.3, -0.25) is 9.78 Å². The highest BCUT2D eigenvalue weighted by Gasteiger charge is 2.28. The average Bonchev–Trinajstić information content (AvgIpc) is 2.64. The Labute approximate surface area is 178 Å². The molecule has 0 saturated carbocycles. The Hall–Kier alpha value is -3.10. The summed E-state index contributed by atoms with van der Waals surface area (Å²) in [6.45, 7) is 6.22. The van der Waals surface area contributed by atoms with E-state index in [2.05, 4.69) is 10.3 Å². The summed E-state index contributed by atoms with van der Waals surface area (Å²) < 4.78 is 43.2. The number of carbonyl (C=O) groups excluding carboxylic acids is 2. The van der Waals surface area contributed by atoms with Crippen LogP contribution in [0.4, 0.5) is 23.7 Å². The van der Waals surface area contributed by atoms with Crippen LogP contribution in [0.1, 0.15) is 47.8 Å². The van der Waals surface area contributed by atoms with Gasteiger partial charge in [0.25, 0.3) is 5.91 Å². The first-order valence-corrected chi connectivity index (χ1v) is 9.81. The van der Waals surface area contributed by atoms with Crippen LogP contribution in [0.25, 0.3) is 0 Å². The van der Waals surface area contributed by atoms with Crippen molar-refractivity contribution in [2.45, 2.75) is 51.9 Å². The summed E-state index contributed by atoms with van der Waals surface area (Å²) in [6, 6.07) is 6.43. The second-order valence-electron chi connectivity index (χ2n) is 8.46. The second kappa shape index (κ2) is 8.56. The van der Waals surface area contributed by atoms with E-state index in [1.807, 2.05) is 6.07 Å².